The molecule has 11 heteroatoms. The van der Waals surface area contributed by atoms with E-state index in [0.29, 0.717) is 48.3 Å². The summed E-state index contributed by atoms with van der Waals surface area (Å²) < 4.78 is 46.0. The SMILES string of the molecule is COC1CC(n2c(=O)c3c(C)c(CNCCN)sc3n(CCC(F)(F)F)c2=O)C1. The number of aromatic nitrogens is 2. The van der Waals surface area contributed by atoms with Crippen LogP contribution >= 0.6 is 11.3 Å². The van der Waals surface area contributed by atoms with Crippen LogP contribution in [-0.2, 0) is 17.8 Å². The fraction of sp³-hybridized carbons (Fsp3) is 0.667. The molecular weight excluding hydrogens is 409 g/mol. The van der Waals surface area contributed by atoms with Gasteiger partial charge in [-0.25, -0.2) is 4.79 Å². The first-order valence-electron chi connectivity index (χ1n) is 9.45. The fourth-order valence-corrected chi connectivity index (χ4v) is 4.87. The standard InChI is InChI=1S/C18H25F3N4O3S/c1-10-13(9-23-5-4-22)29-16-14(10)15(26)25(11-7-12(8-11)28-2)17(27)24(16)6-3-18(19,20)21/h11-12,23H,3-9,22H2,1-2H3. The summed E-state index contributed by atoms with van der Waals surface area (Å²) in [6, 6.07) is -0.361. The highest BCUT2D eigenvalue weighted by Crippen LogP contribution is 2.34. The Labute approximate surface area is 169 Å². The number of nitrogens with one attached hydrogen (secondary N) is 1. The first kappa shape index (κ1) is 22.0. The molecule has 0 aromatic carbocycles. The number of nitrogens with zero attached hydrogens (tertiary/aromatic N) is 2. The number of hydrogen-bond donors (Lipinski definition) is 2. The van der Waals surface area contributed by atoms with Crippen molar-refractivity contribution < 1.29 is 17.9 Å². The molecule has 0 amide bonds. The molecule has 0 unspecified atom stereocenters. The smallest absolute Gasteiger partial charge is 0.381 e. The van der Waals surface area contributed by atoms with Crippen LogP contribution < -0.4 is 22.3 Å². The topological polar surface area (TPSA) is 91.3 Å². The maximum atomic E-state index is 13.1. The molecule has 1 aliphatic rings. The van der Waals surface area contributed by atoms with Gasteiger partial charge in [-0.05, 0) is 25.3 Å². The molecule has 162 valence electrons. The number of hydrogen-bond acceptors (Lipinski definition) is 6. The Morgan fingerprint density at radius 1 is 1.31 bits per heavy atom. The van der Waals surface area contributed by atoms with E-state index in [1.54, 1.807) is 14.0 Å². The number of methoxy groups -OCH3 is 1. The van der Waals surface area contributed by atoms with Crippen LogP contribution in [0.1, 0.15) is 35.7 Å². The molecule has 0 atom stereocenters. The summed E-state index contributed by atoms with van der Waals surface area (Å²) in [6.45, 7) is 2.69. The third-order valence-corrected chi connectivity index (χ3v) is 6.65. The summed E-state index contributed by atoms with van der Waals surface area (Å²) in [6.07, 6.45) is -4.61. The molecule has 2 aromatic heterocycles. The van der Waals surface area contributed by atoms with Gasteiger partial charge in [0, 0.05) is 44.2 Å². The molecule has 7 nitrogen and oxygen atoms in total. The minimum absolute atomic E-state index is 0.0507. The first-order valence-corrected chi connectivity index (χ1v) is 10.3. The minimum Gasteiger partial charge on any atom is -0.381 e. The van der Waals surface area contributed by atoms with Crippen LogP contribution in [0.25, 0.3) is 10.2 Å². The maximum Gasteiger partial charge on any atom is 0.390 e. The molecule has 1 aliphatic carbocycles. The zero-order valence-electron chi connectivity index (χ0n) is 16.3. The van der Waals surface area contributed by atoms with Crippen molar-refractivity contribution in [3.8, 4) is 0 Å². The highest BCUT2D eigenvalue weighted by molar-refractivity contribution is 7.18. The molecule has 3 rings (SSSR count). The van der Waals surface area contributed by atoms with E-state index in [0.717, 1.165) is 14.0 Å². The summed E-state index contributed by atoms with van der Waals surface area (Å²) in [5.74, 6) is 0. The lowest BCUT2D eigenvalue weighted by molar-refractivity contribution is -0.136. The predicted molar refractivity (Wildman–Crippen MR) is 106 cm³/mol. The molecule has 0 bridgehead atoms. The summed E-state index contributed by atoms with van der Waals surface area (Å²) in [5.41, 5.74) is 5.04. The third kappa shape index (κ3) is 4.42. The molecule has 1 fully saturated rings. The number of aryl methyl sites for hydroxylation is 2. The summed E-state index contributed by atoms with van der Waals surface area (Å²) in [5, 5.41) is 3.45. The fourth-order valence-electron chi connectivity index (χ4n) is 3.58. The number of fused-ring (bicyclic) bond motifs is 1. The van der Waals surface area contributed by atoms with E-state index in [1.165, 1.54) is 11.3 Å². The average molecular weight is 434 g/mol. The summed E-state index contributed by atoms with van der Waals surface area (Å²) in [4.78, 5) is 27.3. The second-order valence-electron chi connectivity index (χ2n) is 7.25. The minimum atomic E-state index is -4.40. The van der Waals surface area contributed by atoms with Gasteiger partial charge in [0.1, 0.15) is 4.83 Å². The molecule has 2 aromatic rings. The van der Waals surface area contributed by atoms with Crippen LogP contribution in [0.4, 0.5) is 13.2 Å². The summed E-state index contributed by atoms with van der Waals surface area (Å²) >= 11 is 1.19. The van der Waals surface area contributed by atoms with Gasteiger partial charge in [-0.15, -0.1) is 11.3 Å². The molecule has 1 saturated carbocycles. The second kappa shape index (κ2) is 8.58. The number of thiophene rings is 1. The van der Waals surface area contributed by atoms with Crippen LogP contribution in [0.2, 0.25) is 0 Å². The highest BCUT2D eigenvalue weighted by atomic mass is 32.1. The molecular formula is C18H25F3N4O3S. The van der Waals surface area contributed by atoms with Gasteiger partial charge in [-0.3, -0.25) is 13.9 Å². The van der Waals surface area contributed by atoms with Crippen LogP contribution in [0.3, 0.4) is 0 Å². The van der Waals surface area contributed by atoms with Crippen molar-refractivity contribution >= 4 is 21.6 Å². The van der Waals surface area contributed by atoms with Gasteiger partial charge in [0.2, 0.25) is 0 Å². The third-order valence-electron chi connectivity index (χ3n) is 5.34. The lowest BCUT2D eigenvalue weighted by Crippen LogP contribution is -2.47. The molecule has 0 spiro atoms. The highest BCUT2D eigenvalue weighted by Gasteiger charge is 2.35. The van der Waals surface area contributed by atoms with E-state index >= 15 is 0 Å². The van der Waals surface area contributed by atoms with E-state index in [9.17, 15) is 22.8 Å². The van der Waals surface area contributed by atoms with Crippen molar-refractivity contribution in [1.82, 2.24) is 14.5 Å². The molecule has 3 N–H and O–H groups in total. The quantitative estimate of drug-likeness (QED) is 0.619. The van der Waals surface area contributed by atoms with Crippen molar-refractivity contribution in [2.75, 3.05) is 20.2 Å². The van der Waals surface area contributed by atoms with Gasteiger partial charge in [0.05, 0.1) is 17.9 Å². The van der Waals surface area contributed by atoms with Crippen molar-refractivity contribution in [2.24, 2.45) is 5.73 Å². The van der Waals surface area contributed by atoms with E-state index in [1.807, 2.05) is 0 Å². The molecule has 0 radical (unpaired) electrons. The van der Waals surface area contributed by atoms with Gasteiger partial charge >= 0.3 is 11.9 Å². The van der Waals surface area contributed by atoms with E-state index in [4.69, 9.17) is 10.5 Å². The lowest BCUT2D eigenvalue weighted by atomic mass is 9.89. The van der Waals surface area contributed by atoms with Crippen molar-refractivity contribution in [3.63, 3.8) is 0 Å². The molecule has 29 heavy (non-hydrogen) atoms. The first-order chi connectivity index (χ1) is 13.7. The lowest BCUT2D eigenvalue weighted by Gasteiger charge is -2.35. The Morgan fingerprint density at radius 3 is 2.59 bits per heavy atom. The predicted octanol–water partition coefficient (Wildman–Crippen LogP) is 1.88. The molecule has 0 saturated heterocycles. The molecule has 2 heterocycles. The van der Waals surface area contributed by atoms with Crippen molar-refractivity contribution in [1.29, 1.82) is 0 Å². The van der Waals surface area contributed by atoms with Gasteiger partial charge < -0.3 is 15.8 Å². The van der Waals surface area contributed by atoms with Crippen LogP contribution in [0.15, 0.2) is 9.59 Å². The number of nitrogens with two attached hydrogens (primary N) is 1. The van der Waals surface area contributed by atoms with Crippen molar-refractivity contribution in [3.05, 3.63) is 31.3 Å². The normalized spacial score (nSPS) is 19.7. The van der Waals surface area contributed by atoms with Crippen LogP contribution in [0, 0.1) is 6.92 Å². The second-order valence-corrected chi connectivity index (χ2v) is 8.34. The number of ether oxygens (including phenoxy) is 1. The average Bonchev–Trinajstić information content (AvgIpc) is 2.92. The molecule has 0 aliphatic heterocycles. The number of rotatable bonds is 8. The van der Waals surface area contributed by atoms with Crippen molar-refractivity contribution in [2.45, 2.75) is 57.6 Å². The Bertz CT molecular complexity index is 989. The van der Waals surface area contributed by atoms with Crippen LogP contribution in [-0.4, -0.2) is 41.6 Å². The van der Waals surface area contributed by atoms with Gasteiger partial charge in [0.15, 0.2) is 0 Å². The Morgan fingerprint density at radius 2 is 2.00 bits per heavy atom. The largest absolute Gasteiger partial charge is 0.390 e. The van der Waals surface area contributed by atoms with Crippen LogP contribution in [0.5, 0.6) is 0 Å². The maximum absolute atomic E-state index is 13.1. The number of alkyl halides is 3. The monoisotopic (exact) mass is 434 g/mol. The Balaban J connectivity index is 2.12. The van der Waals surface area contributed by atoms with Gasteiger partial charge in [-0.1, -0.05) is 0 Å². The van der Waals surface area contributed by atoms with E-state index < -0.39 is 30.4 Å². The Kier molecular flexibility index (Phi) is 6.51. The Hall–Kier alpha value is -1.69. The van der Waals surface area contributed by atoms with Gasteiger partial charge in [-0.2, -0.15) is 13.2 Å². The zero-order valence-corrected chi connectivity index (χ0v) is 17.2. The number of halogens is 3. The summed E-state index contributed by atoms with van der Waals surface area (Å²) in [7, 11) is 1.55. The van der Waals surface area contributed by atoms with E-state index in [-0.39, 0.29) is 12.1 Å². The zero-order chi connectivity index (χ0) is 21.3. The van der Waals surface area contributed by atoms with Gasteiger partial charge in [0.25, 0.3) is 5.56 Å². The van der Waals surface area contributed by atoms with E-state index in [2.05, 4.69) is 5.32 Å².